The van der Waals surface area contributed by atoms with Crippen molar-refractivity contribution in [2.45, 2.75) is 39.2 Å². The molecule has 7 nitrogen and oxygen atoms in total. The Bertz CT molecular complexity index is 569. The number of carbonyl (C=O) groups excluding carboxylic acids is 2. The number of esters is 1. The molecule has 1 aromatic carbocycles. The fourth-order valence-electron chi connectivity index (χ4n) is 1.93. The second-order valence-electron chi connectivity index (χ2n) is 5.05. The summed E-state index contributed by atoms with van der Waals surface area (Å²) < 4.78 is 4.97. The molecule has 0 aliphatic heterocycles. The van der Waals surface area contributed by atoms with E-state index in [2.05, 4.69) is 5.32 Å². The molecule has 0 saturated carbocycles. The van der Waals surface area contributed by atoms with Gasteiger partial charge in [0.1, 0.15) is 5.69 Å². The van der Waals surface area contributed by atoms with E-state index < -0.39 is 4.92 Å². The lowest BCUT2D eigenvalue weighted by Crippen LogP contribution is -2.11. The number of carbonyl (C=O) groups is 2. The number of Topliss-reactive ketones (excluding diaryl/α,β-unsaturated/α-hetero) is 1. The van der Waals surface area contributed by atoms with Crippen LogP contribution in [0.3, 0.4) is 0 Å². The van der Waals surface area contributed by atoms with Crippen LogP contribution >= 0.6 is 0 Å². The molecule has 0 aliphatic carbocycles. The van der Waals surface area contributed by atoms with E-state index in [0.717, 1.165) is 0 Å². The Balaban J connectivity index is 2.64. The first-order valence-corrected chi connectivity index (χ1v) is 7.04. The molecule has 120 valence electrons. The zero-order chi connectivity index (χ0) is 16.7. The van der Waals surface area contributed by atoms with Gasteiger partial charge >= 0.3 is 5.97 Å². The number of ether oxygens (including phenoxy) is 1. The molecule has 0 aromatic heterocycles. The van der Waals surface area contributed by atoms with Gasteiger partial charge in [-0.1, -0.05) is 0 Å². The van der Waals surface area contributed by atoms with Crippen LogP contribution in [0.5, 0.6) is 0 Å². The predicted molar refractivity (Wildman–Crippen MR) is 82.1 cm³/mol. The summed E-state index contributed by atoms with van der Waals surface area (Å²) in [5, 5.41) is 13.7. The molecule has 0 spiro atoms. The normalized spacial score (nSPS) is 10.4. The van der Waals surface area contributed by atoms with Gasteiger partial charge in [0.15, 0.2) is 5.78 Å². The molecule has 1 aromatic rings. The van der Waals surface area contributed by atoms with Gasteiger partial charge in [-0.25, -0.2) is 0 Å². The first-order chi connectivity index (χ1) is 10.3. The second-order valence-corrected chi connectivity index (χ2v) is 5.05. The van der Waals surface area contributed by atoms with Crippen molar-refractivity contribution in [3.63, 3.8) is 0 Å². The fourth-order valence-corrected chi connectivity index (χ4v) is 1.93. The maximum Gasteiger partial charge on any atom is 0.306 e. The van der Waals surface area contributed by atoms with Crippen LogP contribution in [0.15, 0.2) is 18.2 Å². The maximum absolute atomic E-state index is 12.0. The van der Waals surface area contributed by atoms with Gasteiger partial charge in [0.2, 0.25) is 0 Å². The quantitative estimate of drug-likeness (QED) is 0.343. The highest BCUT2D eigenvalue weighted by atomic mass is 16.6. The number of hydrogen-bond acceptors (Lipinski definition) is 6. The molecule has 0 aliphatic rings. The van der Waals surface area contributed by atoms with Gasteiger partial charge in [0.05, 0.1) is 11.0 Å². The average molecular weight is 308 g/mol. The summed E-state index contributed by atoms with van der Waals surface area (Å²) in [4.78, 5) is 33.8. The minimum atomic E-state index is -0.539. The van der Waals surface area contributed by atoms with Crippen LogP contribution in [0, 0.1) is 10.1 Å². The zero-order valence-electron chi connectivity index (χ0n) is 12.9. The van der Waals surface area contributed by atoms with Crippen LogP contribution in [0.4, 0.5) is 11.4 Å². The highest BCUT2D eigenvalue weighted by Gasteiger charge is 2.17. The standard InChI is InChI=1S/C15H20N2O5/c1-10(2)22-15(19)6-4-5-14(18)11-7-8-12(16-3)13(9-11)17(20)21/h7-10,16H,4-6H2,1-3H3. The van der Waals surface area contributed by atoms with E-state index in [0.29, 0.717) is 12.1 Å². The lowest BCUT2D eigenvalue weighted by Gasteiger charge is -2.07. The SMILES string of the molecule is CNc1ccc(C(=O)CCCC(=O)OC(C)C)cc1[N+](=O)[O-]. The van der Waals surface area contributed by atoms with Crippen molar-refractivity contribution in [2.75, 3.05) is 12.4 Å². The molecule has 1 N–H and O–H groups in total. The first kappa shape index (κ1) is 17.6. The van der Waals surface area contributed by atoms with Crippen LogP contribution in [-0.4, -0.2) is 29.8 Å². The summed E-state index contributed by atoms with van der Waals surface area (Å²) in [5.74, 6) is -0.581. The summed E-state index contributed by atoms with van der Waals surface area (Å²) in [6, 6.07) is 4.28. The van der Waals surface area contributed by atoms with Crippen molar-refractivity contribution in [3.05, 3.63) is 33.9 Å². The number of nitrogens with zero attached hydrogens (tertiary/aromatic N) is 1. The third-order valence-electron chi connectivity index (χ3n) is 2.94. The Labute approximate surface area is 128 Å². The topological polar surface area (TPSA) is 98.5 Å². The summed E-state index contributed by atoms with van der Waals surface area (Å²) in [6.07, 6.45) is 0.468. The van der Waals surface area contributed by atoms with Gasteiger partial charge in [-0.15, -0.1) is 0 Å². The summed E-state index contributed by atoms with van der Waals surface area (Å²) in [6.45, 7) is 3.51. The Hall–Kier alpha value is -2.44. The Morgan fingerprint density at radius 3 is 2.55 bits per heavy atom. The van der Waals surface area contributed by atoms with E-state index in [1.165, 1.54) is 18.2 Å². The number of nitrogens with one attached hydrogen (secondary N) is 1. The number of benzene rings is 1. The van der Waals surface area contributed by atoms with E-state index in [-0.39, 0.29) is 41.9 Å². The van der Waals surface area contributed by atoms with E-state index in [4.69, 9.17) is 4.74 Å². The molecular formula is C15H20N2O5. The molecule has 0 radical (unpaired) electrons. The molecular weight excluding hydrogens is 288 g/mol. The third kappa shape index (κ3) is 5.16. The van der Waals surface area contributed by atoms with Gasteiger partial charge in [-0.2, -0.15) is 0 Å². The minimum Gasteiger partial charge on any atom is -0.463 e. The maximum atomic E-state index is 12.0. The van der Waals surface area contributed by atoms with E-state index in [9.17, 15) is 19.7 Å². The molecule has 0 bridgehead atoms. The zero-order valence-corrected chi connectivity index (χ0v) is 12.9. The smallest absolute Gasteiger partial charge is 0.306 e. The van der Waals surface area contributed by atoms with Crippen LogP contribution in [0.25, 0.3) is 0 Å². The highest BCUT2D eigenvalue weighted by molar-refractivity contribution is 5.97. The minimum absolute atomic E-state index is 0.142. The van der Waals surface area contributed by atoms with Gasteiger partial charge in [0.25, 0.3) is 5.69 Å². The fraction of sp³-hybridized carbons (Fsp3) is 0.467. The highest BCUT2D eigenvalue weighted by Crippen LogP contribution is 2.25. The molecule has 0 heterocycles. The van der Waals surface area contributed by atoms with Crippen molar-refractivity contribution in [1.82, 2.24) is 0 Å². The Morgan fingerprint density at radius 1 is 1.32 bits per heavy atom. The van der Waals surface area contributed by atoms with Crippen molar-refractivity contribution >= 4 is 23.1 Å². The van der Waals surface area contributed by atoms with Crippen LogP contribution in [-0.2, 0) is 9.53 Å². The lowest BCUT2D eigenvalue weighted by atomic mass is 10.0. The number of hydrogen-bond donors (Lipinski definition) is 1. The van der Waals surface area contributed by atoms with E-state index in [1.54, 1.807) is 20.9 Å². The lowest BCUT2D eigenvalue weighted by molar-refractivity contribution is -0.384. The molecule has 1 rings (SSSR count). The van der Waals surface area contributed by atoms with E-state index >= 15 is 0 Å². The predicted octanol–water partition coefficient (Wildman–Crippen LogP) is 2.94. The number of nitro benzene ring substituents is 1. The summed E-state index contributed by atoms with van der Waals surface area (Å²) in [5.41, 5.74) is 0.470. The molecule has 0 saturated heterocycles. The van der Waals surface area contributed by atoms with Crippen molar-refractivity contribution in [3.8, 4) is 0 Å². The molecule has 7 heteroatoms. The first-order valence-electron chi connectivity index (χ1n) is 7.04. The van der Waals surface area contributed by atoms with Crippen LogP contribution in [0.2, 0.25) is 0 Å². The van der Waals surface area contributed by atoms with Crippen LogP contribution < -0.4 is 5.32 Å². The van der Waals surface area contributed by atoms with Crippen molar-refractivity contribution in [1.29, 1.82) is 0 Å². The summed E-state index contributed by atoms with van der Waals surface area (Å²) >= 11 is 0. The number of anilines is 1. The van der Waals surface area contributed by atoms with Crippen molar-refractivity contribution in [2.24, 2.45) is 0 Å². The van der Waals surface area contributed by atoms with Gasteiger partial charge < -0.3 is 10.1 Å². The van der Waals surface area contributed by atoms with Gasteiger partial charge in [-0.05, 0) is 32.4 Å². The molecule has 22 heavy (non-hydrogen) atoms. The van der Waals surface area contributed by atoms with Gasteiger partial charge in [-0.3, -0.25) is 19.7 Å². The Kier molecular flexibility index (Phi) is 6.49. The molecule has 0 atom stereocenters. The molecule has 0 unspecified atom stereocenters. The second kappa shape index (κ2) is 8.11. The Morgan fingerprint density at radius 2 is 2.00 bits per heavy atom. The third-order valence-corrected chi connectivity index (χ3v) is 2.94. The largest absolute Gasteiger partial charge is 0.463 e. The number of rotatable bonds is 8. The van der Waals surface area contributed by atoms with Gasteiger partial charge in [0, 0.05) is 31.5 Å². The molecule has 0 amide bonds. The van der Waals surface area contributed by atoms with E-state index in [1.807, 2.05) is 0 Å². The number of ketones is 1. The monoisotopic (exact) mass is 308 g/mol. The number of nitro groups is 1. The average Bonchev–Trinajstić information content (AvgIpc) is 2.45. The van der Waals surface area contributed by atoms with Crippen molar-refractivity contribution < 1.29 is 19.2 Å². The molecule has 0 fully saturated rings. The summed E-state index contributed by atoms with van der Waals surface area (Å²) in [7, 11) is 1.57. The van der Waals surface area contributed by atoms with Crippen LogP contribution in [0.1, 0.15) is 43.5 Å².